The van der Waals surface area contributed by atoms with Gasteiger partial charge in [0, 0.05) is 11.4 Å². The normalized spacial score (nSPS) is 45.0. The smallest absolute Gasteiger partial charge is 0.0487 e. The maximum atomic E-state index is 5.57. The first-order chi connectivity index (χ1) is 2.80. The van der Waals surface area contributed by atoms with Gasteiger partial charge in [-0.3, -0.25) is 0 Å². The Balaban J connectivity index is 2.20. The van der Waals surface area contributed by atoms with Crippen molar-refractivity contribution in [1.29, 1.82) is 0 Å². The lowest BCUT2D eigenvalue weighted by Crippen LogP contribution is -2.40. The summed E-state index contributed by atoms with van der Waals surface area (Å²) < 4.78 is 0. The number of hydrogen-bond donors (Lipinski definition) is 1. The van der Waals surface area contributed by atoms with E-state index in [0.717, 1.165) is 12.8 Å². The van der Waals surface area contributed by atoms with Crippen molar-refractivity contribution >= 4 is 11.6 Å². The molecule has 0 saturated heterocycles. The summed E-state index contributed by atoms with van der Waals surface area (Å²) in [5, 5.41) is 0.282. The molecular weight excluding hydrogens is 97.5 g/mol. The molecule has 0 aromatic rings. The zero-order chi connectivity index (χ0) is 4.57. The van der Waals surface area contributed by atoms with E-state index in [2.05, 4.69) is 0 Å². The zero-order valence-electron chi connectivity index (χ0n) is 3.52. The molecule has 0 aromatic carbocycles. The summed E-state index contributed by atoms with van der Waals surface area (Å²) in [6.45, 7) is 0. The first-order valence-electron chi connectivity index (χ1n) is 2.20. The van der Waals surface area contributed by atoms with Crippen LogP contribution in [-0.4, -0.2) is 11.4 Å². The summed E-state index contributed by atoms with van der Waals surface area (Å²) >= 11 is 5.57. The van der Waals surface area contributed by atoms with E-state index in [4.69, 9.17) is 17.3 Å². The molecule has 1 unspecified atom stereocenters. The van der Waals surface area contributed by atoms with Gasteiger partial charge in [-0.2, -0.15) is 0 Å². The van der Waals surface area contributed by atoms with E-state index in [-0.39, 0.29) is 5.38 Å². The van der Waals surface area contributed by atoms with Crippen LogP contribution >= 0.6 is 11.6 Å². The van der Waals surface area contributed by atoms with E-state index in [0.29, 0.717) is 6.04 Å². The summed E-state index contributed by atoms with van der Waals surface area (Å²) in [6, 6.07) is 0.298. The second-order valence-electron chi connectivity index (χ2n) is 1.76. The Morgan fingerprint density at radius 1 is 1.50 bits per heavy atom. The molecule has 1 saturated carbocycles. The minimum absolute atomic E-state index is 0.282. The maximum Gasteiger partial charge on any atom is 0.0487 e. The van der Waals surface area contributed by atoms with Gasteiger partial charge in [-0.15, -0.1) is 11.6 Å². The Hall–Kier alpha value is 0.250. The fraction of sp³-hybridized carbons (Fsp3) is 1.00. The van der Waals surface area contributed by atoms with Crippen LogP contribution in [0.1, 0.15) is 12.8 Å². The molecule has 1 nitrogen and oxygen atoms in total. The summed E-state index contributed by atoms with van der Waals surface area (Å²) in [5.74, 6) is 0. The highest BCUT2D eigenvalue weighted by Gasteiger charge is 2.23. The molecule has 2 heteroatoms. The van der Waals surface area contributed by atoms with E-state index >= 15 is 0 Å². The van der Waals surface area contributed by atoms with Crippen LogP contribution in [0.4, 0.5) is 0 Å². The molecule has 0 heterocycles. The van der Waals surface area contributed by atoms with Crippen LogP contribution < -0.4 is 5.73 Å². The van der Waals surface area contributed by atoms with Crippen LogP contribution in [-0.2, 0) is 0 Å². The monoisotopic (exact) mass is 105 g/mol. The first-order valence-corrected chi connectivity index (χ1v) is 2.64. The van der Waals surface area contributed by atoms with Gasteiger partial charge in [0.05, 0.1) is 0 Å². The summed E-state index contributed by atoms with van der Waals surface area (Å²) in [6.07, 6.45) is 2.23. The molecule has 0 bridgehead atoms. The largest absolute Gasteiger partial charge is 0.326 e. The third-order valence-corrected chi connectivity index (χ3v) is 1.78. The van der Waals surface area contributed by atoms with Gasteiger partial charge in [-0.05, 0) is 12.8 Å². The molecule has 0 amide bonds. The molecule has 0 aromatic heterocycles. The van der Waals surface area contributed by atoms with Crippen LogP contribution in [0.15, 0.2) is 0 Å². The van der Waals surface area contributed by atoms with Gasteiger partial charge in [-0.1, -0.05) is 0 Å². The van der Waals surface area contributed by atoms with Gasteiger partial charge in [0.25, 0.3) is 0 Å². The molecule has 1 aliphatic rings. The number of rotatable bonds is 0. The van der Waals surface area contributed by atoms with Crippen LogP contribution in [0.3, 0.4) is 0 Å². The van der Waals surface area contributed by atoms with Crippen LogP contribution in [0, 0.1) is 0 Å². The van der Waals surface area contributed by atoms with E-state index in [1.165, 1.54) is 0 Å². The predicted molar refractivity (Wildman–Crippen MR) is 26.9 cm³/mol. The SMILES string of the molecule is N[C@@H]1CCC1Cl. The number of halogens is 1. The van der Waals surface area contributed by atoms with E-state index in [1.807, 2.05) is 0 Å². The number of hydrogen-bond acceptors (Lipinski definition) is 1. The van der Waals surface area contributed by atoms with Gasteiger partial charge in [-0.25, -0.2) is 0 Å². The zero-order valence-corrected chi connectivity index (χ0v) is 4.28. The lowest BCUT2D eigenvalue weighted by molar-refractivity contribution is 0.427. The second-order valence-corrected chi connectivity index (χ2v) is 2.32. The van der Waals surface area contributed by atoms with Crippen molar-refractivity contribution in [3.05, 3.63) is 0 Å². The van der Waals surface area contributed by atoms with Gasteiger partial charge < -0.3 is 5.73 Å². The van der Waals surface area contributed by atoms with Gasteiger partial charge in [0.2, 0.25) is 0 Å². The molecule has 0 aliphatic heterocycles. The Bertz CT molecular complexity index is 47.5. The third kappa shape index (κ3) is 0.525. The quantitative estimate of drug-likeness (QED) is 0.452. The Morgan fingerprint density at radius 3 is 2.00 bits per heavy atom. The molecule has 0 radical (unpaired) electrons. The van der Waals surface area contributed by atoms with Crippen LogP contribution in [0.25, 0.3) is 0 Å². The summed E-state index contributed by atoms with van der Waals surface area (Å²) in [4.78, 5) is 0. The van der Waals surface area contributed by atoms with Crippen LogP contribution in [0.2, 0.25) is 0 Å². The Labute approximate surface area is 42.5 Å². The number of nitrogens with two attached hydrogens (primary N) is 1. The van der Waals surface area contributed by atoms with Crippen LogP contribution in [0.5, 0.6) is 0 Å². The standard InChI is InChI=1S/C4H8ClN/c5-3-1-2-4(3)6/h3-4H,1-2,6H2/t3?,4-/m1/s1. The topological polar surface area (TPSA) is 26.0 Å². The second kappa shape index (κ2) is 1.39. The van der Waals surface area contributed by atoms with E-state index in [9.17, 15) is 0 Å². The highest BCUT2D eigenvalue weighted by molar-refractivity contribution is 6.21. The average Bonchev–Trinajstić information content (AvgIpc) is 1.61. The first kappa shape index (κ1) is 4.41. The fourth-order valence-electron chi connectivity index (χ4n) is 0.485. The molecule has 2 N–H and O–H groups in total. The molecule has 36 valence electrons. The third-order valence-electron chi connectivity index (χ3n) is 1.24. The van der Waals surface area contributed by atoms with E-state index < -0.39 is 0 Å². The minimum Gasteiger partial charge on any atom is -0.326 e. The summed E-state index contributed by atoms with van der Waals surface area (Å²) in [5.41, 5.74) is 5.39. The van der Waals surface area contributed by atoms with Crippen molar-refractivity contribution in [2.45, 2.75) is 24.3 Å². The summed E-state index contributed by atoms with van der Waals surface area (Å²) in [7, 11) is 0. The predicted octanol–water partition coefficient (Wildman–Crippen LogP) is 0.715. The highest BCUT2D eigenvalue weighted by Crippen LogP contribution is 2.22. The van der Waals surface area contributed by atoms with Crippen molar-refractivity contribution in [2.75, 3.05) is 0 Å². The van der Waals surface area contributed by atoms with E-state index in [1.54, 1.807) is 0 Å². The number of alkyl halides is 1. The van der Waals surface area contributed by atoms with Gasteiger partial charge in [0.1, 0.15) is 0 Å². The van der Waals surface area contributed by atoms with Crippen molar-refractivity contribution < 1.29 is 0 Å². The maximum absolute atomic E-state index is 5.57. The molecule has 0 spiro atoms. The fourth-order valence-corrected chi connectivity index (χ4v) is 0.737. The molecule has 2 atom stereocenters. The Kier molecular flexibility index (Phi) is 1.02. The van der Waals surface area contributed by atoms with Gasteiger partial charge >= 0.3 is 0 Å². The van der Waals surface area contributed by atoms with Crippen molar-refractivity contribution in [2.24, 2.45) is 5.73 Å². The minimum atomic E-state index is 0.282. The Morgan fingerprint density at radius 2 is 2.00 bits per heavy atom. The van der Waals surface area contributed by atoms with Crippen molar-refractivity contribution in [3.63, 3.8) is 0 Å². The molecule has 1 aliphatic carbocycles. The van der Waals surface area contributed by atoms with Crippen molar-refractivity contribution in [1.82, 2.24) is 0 Å². The van der Waals surface area contributed by atoms with Gasteiger partial charge in [0.15, 0.2) is 0 Å². The molecule has 1 rings (SSSR count). The molecule has 1 fully saturated rings. The molecular formula is C4H8ClN. The highest BCUT2D eigenvalue weighted by atomic mass is 35.5. The lowest BCUT2D eigenvalue weighted by Gasteiger charge is -2.27. The van der Waals surface area contributed by atoms with Crippen molar-refractivity contribution in [3.8, 4) is 0 Å². The average molecular weight is 106 g/mol. The lowest BCUT2D eigenvalue weighted by atomic mass is 9.94. The molecule has 6 heavy (non-hydrogen) atoms.